The molecule has 0 spiro atoms. The van der Waals surface area contributed by atoms with Gasteiger partial charge < -0.3 is 5.32 Å². The molecule has 1 amide bonds. The van der Waals surface area contributed by atoms with E-state index in [4.69, 9.17) is 0 Å². The Morgan fingerprint density at radius 3 is 2.78 bits per heavy atom. The summed E-state index contributed by atoms with van der Waals surface area (Å²) in [5, 5.41) is 16.8. The Bertz CT molecular complexity index is 577. The summed E-state index contributed by atoms with van der Waals surface area (Å²) < 4.78 is 0. The predicted octanol–water partition coefficient (Wildman–Crippen LogP) is 0.813. The third-order valence-corrected chi connectivity index (χ3v) is 2.42. The number of nitrogens with one attached hydrogen (secondary N) is 2. The SMILES string of the molecule is CNc1cc(C)ccc1C(=O)Nc1nnn(C)n1. The van der Waals surface area contributed by atoms with E-state index in [9.17, 15) is 4.79 Å². The minimum Gasteiger partial charge on any atom is -0.387 e. The number of carbonyl (C=O) groups excluding carboxylic acids is 1. The van der Waals surface area contributed by atoms with Crippen molar-refractivity contribution in [1.82, 2.24) is 20.2 Å². The van der Waals surface area contributed by atoms with Gasteiger partial charge in [-0.25, -0.2) is 0 Å². The van der Waals surface area contributed by atoms with Crippen molar-refractivity contribution < 1.29 is 4.79 Å². The van der Waals surface area contributed by atoms with Crippen LogP contribution < -0.4 is 10.6 Å². The Morgan fingerprint density at radius 1 is 1.39 bits per heavy atom. The minimum absolute atomic E-state index is 0.185. The number of rotatable bonds is 3. The molecule has 1 aromatic heterocycles. The van der Waals surface area contributed by atoms with Crippen molar-refractivity contribution in [2.45, 2.75) is 6.92 Å². The Labute approximate surface area is 104 Å². The average Bonchev–Trinajstić information content (AvgIpc) is 2.74. The normalized spacial score (nSPS) is 10.2. The summed E-state index contributed by atoms with van der Waals surface area (Å²) in [6.07, 6.45) is 0. The van der Waals surface area contributed by atoms with Crippen LogP contribution in [0.4, 0.5) is 11.6 Å². The topological polar surface area (TPSA) is 84.7 Å². The second kappa shape index (κ2) is 4.82. The summed E-state index contributed by atoms with van der Waals surface area (Å²) in [6, 6.07) is 5.53. The average molecular weight is 246 g/mol. The van der Waals surface area contributed by atoms with Gasteiger partial charge in [-0.2, -0.15) is 4.80 Å². The van der Waals surface area contributed by atoms with Gasteiger partial charge in [-0.3, -0.25) is 10.1 Å². The van der Waals surface area contributed by atoms with E-state index in [1.54, 1.807) is 20.2 Å². The molecule has 94 valence electrons. The van der Waals surface area contributed by atoms with E-state index in [1.165, 1.54) is 4.80 Å². The lowest BCUT2D eigenvalue weighted by molar-refractivity contribution is 0.102. The highest BCUT2D eigenvalue weighted by Crippen LogP contribution is 2.17. The minimum atomic E-state index is -0.271. The van der Waals surface area contributed by atoms with Crippen LogP contribution in [0.25, 0.3) is 0 Å². The Balaban J connectivity index is 2.23. The summed E-state index contributed by atoms with van der Waals surface area (Å²) in [7, 11) is 3.40. The molecule has 0 saturated carbocycles. The molecule has 0 saturated heterocycles. The molecule has 0 aliphatic heterocycles. The van der Waals surface area contributed by atoms with Gasteiger partial charge in [-0.15, -0.1) is 5.10 Å². The maximum absolute atomic E-state index is 12.0. The van der Waals surface area contributed by atoms with Crippen molar-refractivity contribution in [1.29, 1.82) is 0 Å². The van der Waals surface area contributed by atoms with Gasteiger partial charge in [-0.05, 0) is 29.8 Å². The van der Waals surface area contributed by atoms with E-state index in [2.05, 4.69) is 26.0 Å². The largest absolute Gasteiger partial charge is 0.387 e. The highest BCUT2D eigenvalue weighted by molar-refractivity contribution is 6.07. The van der Waals surface area contributed by atoms with Gasteiger partial charge in [0.2, 0.25) is 0 Å². The molecule has 2 aromatic rings. The number of hydrogen-bond acceptors (Lipinski definition) is 5. The van der Waals surface area contributed by atoms with Gasteiger partial charge >= 0.3 is 0 Å². The first kappa shape index (κ1) is 12.0. The summed E-state index contributed by atoms with van der Waals surface area (Å²) in [4.78, 5) is 13.3. The first-order chi connectivity index (χ1) is 8.60. The van der Waals surface area contributed by atoms with Gasteiger partial charge in [0.1, 0.15) is 0 Å². The maximum Gasteiger partial charge on any atom is 0.270 e. The fourth-order valence-corrected chi connectivity index (χ4v) is 1.57. The molecule has 0 unspecified atom stereocenters. The molecule has 18 heavy (non-hydrogen) atoms. The molecule has 0 radical (unpaired) electrons. The molecule has 0 fully saturated rings. The van der Waals surface area contributed by atoms with E-state index in [0.717, 1.165) is 11.3 Å². The molecule has 7 heteroatoms. The van der Waals surface area contributed by atoms with E-state index >= 15 is 0 Å². The van der Waals surface area contributed by atoms with Crippen molar-refractivity contribution in [2.75, 3.05) is 17.7 Å². The highest BCUT2D eigenvalue weighted by atomic mass is 16.1. The number of hydrogen-bond donors (Lipinski definition) is 2. The van der Waals surface area contributed by atoms with Gasteiger partial charge in [0.05, 0.1) is 12.6 Å². The molecule has 7 nitrogen and oxygen atoms in total. The monoisotopic (exact) mass is 246 g/mol. The van der Waals surface area contributed by atoms with Crippen molar-refractivity contribution in [3.63, 3.8) is 0 Å². The van der Waals surface area contributed by atoms with E-state index in [0.29, 0.717) is 5.56 Å². The highest BCUT2D eigenvalue weighted by Gasteiger charge is 2.13. The fraction of sp³-hybridized carbons (Fsp3) is 0.273. The van der Waals surface area contributed by atoms with Crippen LogP contribution in [0.3, 0.4) is 0 Å². The van der Waals surface area contributed by atoms with Gasteiger partial charge in [-0.1, -0.05) is 11.2 Å². The molecular weight excluding hydrogens is 232 g/mol. The second-order valence-electron chi connectivity index (χ2n) is 3.86. The Hall–Kier alpha value is -2.44. The first-order valence-corrected chi connectivity index (χ1v) is 5.44. The van der Waals surface area contributed by atoms with Crippen LogP contribution >= 0.6 is 0 Å². The lowest BCUT2D eigenvalue weighted by Crippen LogP contribution is -2.15. The zero-order valence-corrected chi connectivity index (χ0v) is 10.4. The molecule has 0 aliphatic carbocycles. The molecular formula is C11H14N6O. The van der Waals surface area contributed by atoms with E-state index in [-0.39, 0.29) is 11.9 Å². The number of tetrazole rings is 1. The Kier molecular flexibility index (Phi) is 3.22. The Morgan fingerprint density at radius 2 is 2.17 bits per heavy atom. The van der Waals surface area contributed by atoms with Crippen molar-refractivity contribution in [3.05, 3.63) is 29.3 Å². The number of carbonyl (C=O) groups is 1. The number of anilines is 2. The summed E-state index contributed by atoms with van der Waals surface area (Å²) in [6.45, 7) is 1.97. The number of amides is 1. The van der Waals surface area contributed by atoms with Crippen LogP contribution in [0.1, 0.15) is 15.9 Å². The molecule has 0 bridgehead atoms. The molecule has 2 N–H and O–H groups in total. The number of nitrogens with zero attached hydrogens (tertiary/aromatic N) is 4. The number of aryl methyl sites for hydroxylation is 2. The molecule has 1 heterocycles. The molecule has 0 atom stereocenters. The van der Waals surface area contributed by atoms with Crippen LogP contribution in [-0.4, -0.2) is 33.2 Å². The van der Waals surface area contributed by atoms with Gasteiger partial charge in [0, 0.05) is 12.7 Å². The van der Waals surface area contributed by atoms with Crippen molar-refractivity contribution in [2.24, 2.45) is 7.05 Å². The van der Waals surface area contributed by atoms with Gasteiger partial charge in [0.25, 0.3) is 11.9 Å². The standard InChI is InChI=1S/C11H14N6O/c1-7-4-5-8(9(6-7)12-2)10(18)13-11-14-16-17(3)15-11/h4-6,12H,1-3H3,(H,13,15,18). The van der Waals surface area contributed by atoms with Crippen molar-refractivity contribution >= 4 is 17.5 Å². The zero-order chi connectivity index (χ0) is 13.1. The van der Waals surface area contributed by atoms with Crippen LogP contribution in [0.5, 0.6) is 0 Å². The van der Waals surface area contributed by atoms with Crippen LogP contribution in [0.15, 0.2) is 18.2 Å². The maximum atomic E-state index is 12.0. The number of benzene rings is 1. The van der Waals surface area contributed by atoms with Crippen LogP contribution in [-0.2, 0) is 7.05 Å². The second-order valence-corrected chi connectivity index (χ2v) is 3.86. The summed E-state index contributed by atoms with van der Waals surface area (Å²) >= 11 is 0. The quantitative estimate of drug-likeness (QED) is 0.837. The third kappa shape index (κ3) is 2.45. The smallest absolute Gasteiger partial charge is 0.270 e. The molecule has 2 rings (SSSR count). The number of aromatic nitrogens is 4. The lowest BCUT2D eigenvalue weighted by atomic mass is 10.1. The van der Waals surface area contributed by atoms with Crippen LogP contribution in [0.2, 0.25) is 0 Å². The molecule has 1 aromatic carbocycles. The third-order valence-electron chi connectivity index (χ3n) is 2.42. The first-order valence-electron chi connectivity index (χ1n) is 5.44. The lowest BCUT2D eigenvalue weighted by Gasteiger charge is -2.08. The predicted molar refractivity (Wildman–Crippen MR) is 67.5 cm³/mol. The van der Waals surface area contributed by atoms with E-state index in [1.807, 2.05) is 19.1 Å². The van der Waals surface area contributed by atoms with Crippen LogP contribution in [0, 0.1) is 6.92 Å². The van der Waals surface area contributed by atoms with Crippen molar-refractivity contribution in [3.8, 4) is 0 Å². The zero-order valence-electron chi connectivity index (χ0n) is 10.4. The van der Waals surface area contributed by atoms with Gasteiger partial charge in [0.15, 0.2) is 0 Å². The molecule has 0 aliphatic rings. The fourth-order valence-electron chi connectivity index (χ4n) is 1.57. The summed E-state index contributed by atoms with van der Waals surface area (Å²) in [5.41, 5.74) is 2.38. The summed E-state index contributed by atoms with van der Waals surface area (Å²) in [5.74, 6) is -0.0857. The van der Waals surface area contributed by atoms with E-state index < -0.39 is 0 Å².